The maximum Gasteiger partial charge on any atom is 0.349 e. The van der Waals surface area contributed by atoms with Gasteiger partial charge in [0.15, 0.2) is 6.61 Å². The van der Waals surface area contributed by atoms with Gasteiger partial charge in [0.2, 0.25) is 0 Å². The highest BCUT2D eigenvalue weighted by atomic mass is 16.6. The van der Waals surface area contributed by atoms with Gasteiger partial charge in [0, 0.05) is 13.8 Å². The number of hydrogen-bond acceptors (Lipinski definition) is 6. The molecule has 0 aliphatic heterocycles. The molecule has 0 saturated carbocycles. The monoisotopic (exact) mass is 252 g/mol. The lowest BCUT2D eigenvalue weighted by Crippen LogP contribution is -2.17. The second-order valence-electron chi connectivity index (χ2n) is 3.32. The lowest BCUT2D eigenvalue weighted by Gasteiger charge is -2.05. The van der Waals surface area contributed by atoms with Crippen molar-refractivity contribution in [1.29, 1.82) is 0 Å². The smallest absolute Gasteiger partial charge is 0.349 e. The Labute approximate surface area is 103 Å². The van der Waals surface area contributed by atoms with Crippen molar-refractivity contribution in [1.82, 2.24) is 0 Å². The third kappa shape index (κ3) is 5.11. The highest BCUT2D eigenvalue weighted by molar-refractivity contribution is 5.77. The Morgan fingerprint density at radius 3 is 1.83 bits per heavy atom. The van der Waals surface area contributed by atoms with E-state index in [0.29, 0.717) is 5.75 Å². The molecular formula is C12H12O6. The molecule has 18 heavy (non-hydrogen) atoms. The van der Waals surface area contributed by atoms with Crippen LogP contribution in [0.3, 0.4) is 0 Å². The SMILES string of the molecule is CC(=O)OCC(=O)Oc1ccc(OC(C)=O)cc1. The van der Waals surface area contributed by atoms with Crippen LogP contribution < -0.4 is 9.47 Å². The van der Waals surface area contributed by atoms with E-state index in [4.69, 9.17) is 9.47 Å². The van der Waals surface area contributed by atoms with Gasteiger partial charge in [-0.25, -0.2) is 4.79 Å². The Bertz CT molecular complexity index is 448. The molecule has 0 spiro atoms. The molecule has 0 heterocycles. The summed E-state index contributed by atoms with van der Waals surface area (Å²) in [6, 6.07) is 5.89. The van der Waals surface area contributed by atoms with Gasteiger partial charge in [0.1, 0.15) is 11.5 Å². The zero-order chi connectivity index (χ0) is 13.5. The van der Waals surface area contributed by atoms with Gasteiger partial charge in [-0.1, -0.05) is 0 Å². The lowest BCUT2D eigenvalue weighted by molar-refractivity contribution is -0.152. The first kappa shape index (κ1) is 13.7. The molecule has 96 valence electrons. The zero-order valence-electron chi connectivity index (χ0n) is 9.97. The summed E-state index contributed by atoms with van der Waals surface area (Å²) in [4.78, 5) is 32.3. The fourth-order valence-electron chi connectivity index (χ4n) is 1.06. The summed E-state index contributed by atoms with van der Waals surface area (Å²) < 4.78 is 14.1. The van der Waals surface area contributed by atoms with E-state index in [2.05, 4.69) is 4.74 Å². The van der Waals surface area contributed by atoms with Crippen LogP contribution in [-0.4, -0.2) is 24.5 Å². The van der Waals surface area contributed by atoms with Gasteiger partial charge < -0.3 is 14.2 Å². The first-order chi connectivity index (χ1) is 8.47. The minimum atomic E-state index is -0.689. The molecule has 1 aromatic carbocycles. The molecule has 0 bridgehead atoms. The number of esters is 3. The van der Waals surface area contributed by atoms with Gasteiger partial charge in [-0.2, -0.15) is 0 Å². The van der Waals surface area contributed by atoms with E-state index in [1.54, 1.807) is 0 Å². The van der Waals surface area contributed by atoms with Gasteiger partial charge in [0.05, 0.1) is 0 Å². The van der Waals surface area contributed by atoms with Crippen LogP contribution in [0.15, 0.2) is 24.3 Å². The average Bonchev–Trinajstić information content (AvgIpc) is 2.28. The fourth-order valence-corrected chi connectivity index (χ4v) is 1.06. The Hall–Kier alpha value is -2.37. The van der Waals surface area contributed by atoms with Crippen LogP contribution in [0.5, 0.6) is 11.5 Å². The molecule has 0 aliphatic rings. The van der Waals surface area contributed by atoms with Crippen LogP contribution in [0.4, 0.5) is 0 Å². The van der Waals surface area contributed by atoms with Gasteiger partial charge in [0.25, 0.3) is 0 Å². The van der Waals surface area contributed by atoms with Crippen molar-refractivity contribution in [2.75, 3.05) is 6.61 Å². The van der Waals surface area contributed by atoms with E-state index in [9.17, 15) is 14.4 Å². The number of benzene rings is 1. The van der Waals surface area contributed by atoms with Crippen LogP contribution in [0.1, 0.15) is 13.8 Å². The van der Waals surface area contributed by atoms with Crippen LogP contribution >= 0.6 is 0 Å². The summed E-state index contributed by atoms with van der Waals surface area (Å²) in [6.07, 6.45) is 0. The van der Waals surface area contributed by atoms with Gasteiger partial charge in [-0.15, -0.1) is 0 Å². The van der Waals surface area contributed by atoms with Crippen molar-refractivity contribution in [2.45, 2.75) is 13.8 Å². The number of ether oxygens (including phenoxy) is 3. The topological polar surface area (TPSA) is 78.9 Å². The molecule has 0 aromatic heterocycles. The Morgan fingerprint density at radius 2 is 1.39 bits per heavy atom. The summed E-state index contributed by atoms with van der Waals surface area (Å²) >= 11 is 0. The molecule has 6 nitrogen and oxygen atoms in total. The lowest BCUT2D eigenvalue weighted by atomic mass is 10.3. The Balaban J connectivity index is 2.50. The van der Waals surface area contributed by atoms with E-state index in [1.807, 2.05) is 0 Å². The summed E-state index contributed by atoms with van der Waals surface area (Å²) in [5.41, 5.74) is 0. The highest BCUT2D eigenvalue weighted by Gasteiger charge is 2.07. The minimum Gasteiger partial charge on any atom is -0.454 e. The van der Waals surface area contributed by atoms with Crippen molar-refractivity contribution in [3.63, 3.8) is 0 Å². The van der Waals surface area contributed by atoms with E-state index in [1.165, 1.54) is 38.1 Å². The third-order valence-corrected chi connectivity index (χ3v) is 1.71. The van der Waals surface area contributed by atoms with Crippen molar-refractivity contribution in [3.05, 3.63) is 24.3 Å². The van der Waals surface area contributed by atoms with Crippen molar-refractivity contribution < 1.29 is 28.6 Å². The molecule has 0 saturated heterocycles. The zero-order valence-corrected chi connectivity index (χ0v) is 9.97. The molecule has 0 aliphatic carbocycles. The molecule has 0 N–H and O–H groups in total. The molecule has 1 rings (SSSR count). The first-order valence-electron chi connectivity index (χ1n) is 5.10. The van der Waals surface area contributed by atoms with Crippen LogP contribution in [0, 0.1) is 0 Å². The molecule has 0 atom stereocenters. The maximum atomic E-state index is 11.2. The maximum absolute atomic E-state index is 11.2. The van der Waals surface area contributed by atoms with E-state index in [-0.39, 0.29) is 5.75 Å². The fraction of sp³-hybridized carbons (Fsp3) is 0.250. The number of carbonyl (C=O) groups excluding carboxylic acids is 3. The van der Waals surface area contributed by atoms with Gasteiger partial charge >= 0.3 is 17.9 Å². The predicted molar refractivity (Wildman–Crippen MR) is 60.0 cm³/mol. The standard InChI is InChI=1S/C12H12O6/c1-8(13)16-7-12(15)18-11-5-3-10(4-6-11)17-9(2)14/h3-6H,7H2,1-2H3. The predicted octanol–water partition coefficient (Wildman–Crippen LogP) is 1.08. The second-order valence-corrected chi connectivity index (χ2v) is 3.32. The summed E-state index contributed by atoms with van der Waals surface area (Å²) in [7, 11) is 0. The van der Waals surface area contributed by atoms with Crippen LogP contribution in [-0.2, 0) is 19.1 Å². The van der Waals surface area contributed by atoms with Crippen molar-refractivity contribution >= 4 is 17.9 Å². The van der Waals surface area contributed by atoms with E-state index in [0.717, 1.165) is 0 Å². The summed E-state index contributed by atoms with van der Waals surface area (Å²) in [6.45, 7) is 2.04. The minimum absolute atomic E-state index is 0.267. The molecule has 0 fully saturated rings. The van der Waals surface area contributed by atoms with Crippen LogP contribution in [0.25, 0.3) is 0 Å². The molecule has 0 radical (unpaired) electrons. The second kappa shape index (κ2) is 6.39. The Kier molecular flexibility index (Phi) is 4.86. The van der Waals surface area contributed by atoms with Gasteiger partial charge in [-0.05, 0) is 24.3 Å². The van der Waals surface area contributed by atoms with Crippen molar-refractivity contribution in [3.8, 4) is 11.5 Å². The van der Waals surface area contributed by atoms with E-state index < -0.39 is 24.5 Å². The van der Waals surface area contributed by atoms with E-state index >= 15 is 0 Å². The molecule has 1 aromatic rings. The summed E-state index contributed by atoms with van der Waals surface area (Å²) in [5.74, 6) is -1.07. The molecule has 0 unspecified atom stereocenters. The average molecular weight is 252 g/mol. The van der Waals surface area contributed by atoms with Crippen molar-refractivity contribution in [2.24, 2.45) is 0 Å². The molecule has 0 amide bonds. The molecular weight excluding hydrogens is 240 g/mol. The third-order valence-electron chi connectivity index (χ3n) is 1.71. The molecule has 6 heteroatoms. The quantitative estimate of drug-likeness (QED) is 0.589. The Morgan fingerprint density at radius 1 is 0.889 bits per heavy atom. The number of carbonyl (C=O) groups is 3. The van der Waals surface area contributed by atoms with Gasteiger partial charge in [-0.3, -0.25) is 9.59 Å². The first-order valence-corrected chi connectivity index (χ1v) is 5.10. The number of rotatable bonds is 4. The normalized spacial score (nSPS) is 9.44. The highest BCUT2D eigenvalue weighted by Crippen LogP contribution is 2.17. The number of hydrogen-bond donors (Lipinski definition) is 0. The summed E-state index contributed by atoms with van der Waals surface area (Å²) in [5, 5.41) is 0. The largest absolute Gasteiger partial charge is 0.454 e. The van der Waals surface area contributed by atoms with Crippen LogP contribution in [0.2, 0.25) is 0 Å².